The van der Waals surface area contributed by atoms with Crippen LogP contribution in [-0.4, -0.2) is 62.3 Å². The third kappa shape index (κ3) is 5.28. The molecule has 0 saturated carbocycles. The number of hydrogen-bond donors (Lipinski definition) is 0. The first-order chi connectivity index (χ1) is 7.76. The predicted molar refractivity (Wildman–Crippen MR) is 68.9 cm³/mol. The summed E-state index contributed by atoms with van der Waals surface area (Å²) in [5, 5.41) is 0. The average molecular weight is 228 g/mol. The standard InChI is InChI=1S/C13H28N2O/c1-4-6-8-15-10-11-16-13(12-15)7-9-14(3)5-2/h13H,4-12H2,1-3H3/t13-/m1/s1. The van der Waals surface area contributed by atoms with E-state index in [-0.39, 0.29) is 0 Å². The van der Waals surface area contributed by atoms with E-state index in [9.17, 15) is 0 Å². The van der Waals surface area contributed by atoms with Gasteiger partial charge < -0.3 is 9.64 Å². The van der Waals surface area contributed by atoms with Crippen molar-refractivity contribution in [1.29, 1.82) is 0 Å². The van der Waals surface area contributed by atoms with Gasteiger partial charge in [0.05, 0.1) is 12.7 Å². The first kappa shape index (κ1) is 13.9. The van der Waals surface area contributed by atoms with Gasteiger partial charge in [0.2, 0.25) is 0 Å². The maximum atomic E-state index is 5.81. The van der Waals surface area contributed by atoms with Gasteiger partial charge in [-0.25, -0.2) is 0 Å². The van der Waals surface area contributed by atoms with Gasteiger partial charge in [0, 0.05) is 19.6 Å². The lowest BCUT2D eigenvalue weighted by Gasteiger charge is -2.33. The van der Waals surface area contributed by atoms with Gasteiger partial charge in [0.25, 0.3) is 0 Å². The zero-order chi connectivity index (χ0) is 11.8. The van der Waals surface area contributed by atoms with E-state index in [0.29, 0.717) is 6.10 Å². The second-order valence-corrected chi connectivity index (χ2v) is 4.83. The minimum Gasteiger partial charge on any atom is -0.376 e. The van der Waals surface area contributed by atoms with E-state index in [1.165, 1.54) is 25.8 Å². The number of morpholine rings is 1. The van der Waals surface area contributed by atoms with Crippen LogP contribution in [0.25, 0.3) is 0 Å². The van der Waals surface area contributed by atoms with Gasteiger partial charge in [-0.05, 0) is 33.0 Å². The molecule has 1 atom stereocenters. The Labute approximate surface area is 101 Å². The molecule has 0 aromatic heterocycles. The largest absolute Gasteiger partial charge is 0.376 e. The van der Waals surface area contributed by atoms with Gasteiger partial charge >= 0.3 is 0 Å². The van der Waals surface area contributed by atoms with Crippen LogP contribution in [0.4, 0.5) is 0 Å². The molecule has 0 N–H and O–H groups in total. The summed E-state index contributed by atoms with van der Waals surface area (Å²) in [7, 11) is 2.18. The molecule has 1 rings (SSSR count). The number of ether oxygens (including phenoxy) is 1. The van der Waals surface area contributed by atoms with Crippen LogP contribution in [-0.2, 0) is 4.74 Å². The lowest BCUT2D eigenvalue weighted by atomic mass is 10.2. The van der Waals surface area contributed by atoms with Crippen LogP contribution in [0.2, 0.25) is 0 Å². The average Bonchev–Trinajstić information content (AvgIpc) is 2.34. The molecular formula is C13H28N2O. The van der Waals surface area contributed by atoms with Crippen molar-refractivity contribution in [1.82, 2.24) is 9.80 Å². The van der Waals surface area contributed by atoms with E-state index in [0.717, 1.165) is 32.8 Å². The van der Waals surface area contributed by atoms with Crippen LogP contribution < -0.4 is 0 Å². The van der Waals surface area contributed by atoms with Crippen LogP contribution in [0.3, 0.4) is 0 Å². The van der Waals surface area contributed by atoms with Crippen molar-refractivity contribution >= 4 is 0 Å². The lowest BCUT2D eigenvalue weighted by Crippen LogP contribution is -2.43. The van der Waals surface area contributed by atoms with Crippen LogP contribution in [0, 0.1) is 0 Å². The molecule has 1 aliphatic heterocycles. The van der Waals surface area contributed by atoms with E-state index < -0.39 is 0 Å². The Morgan fingerprint density at radius 2 is 2.19 bits per heavy atom. The molecule has 0 bridgehead atoms. The highest BCUT2D eigenvalue weighted by Crippen LogP contribution is 2.10. The summed E-state index contributed by atoms with van der Waals surface area (Å²) in [6, 6.07) is 0. The molecule has 1 aliphatic rings. The zero-order valence-electron chi connectivity index (χ0n) is 11.2. The van der Waals surface area contributed by atoms with E-state index in [1.807, 2.05) is 0 Å². The second-order valence-electron chi connectivity index (χ2n) is 4.83. The summed E-state index contributed by atoms with van der Waals surface area (Å²) in [5.74, 6) is 0. The topological polar surface area (TPSA) is 15.7 Å². The summed E-state index contributed by atoms with van der Waals surface area (Å²) < 4.78 is 5.81. The quantitative estimate of drug-likeness (QED) is 0.661. The molecule has 3 heteroatoms. The lowest BCUT2D eigenvalue weighted by molar-refractivity contribution is -0.0349. The summed E-state index contributed by atoms with van der Waals surface area (Å²) in [5.41, 5.74) is 0. The van der Waals surface area contributed by atoms with E-state index in [2.05, 4.69) is 30.7 Å². The molecule has 0 aromatic carbocycles. The number of rotatable bonds is 7. The molecule has 1 fully saturated rings. The molecule has 0 amide bonds. The molecule has 0 aliphatic carbocycles. The maximum absolute atomic E-state index is 5.81. The SMILES string of the molecule is CCCCN1CCO[C@H](CCN(C)CC)C1. The fourth-order valence-electron chi connectivity index (χ4n) is 2.06. The highest BCUT2D eigenvalue weighted by Gasteiger charge is 2.19. The van der Waals surface area contributed by atoms with Gasteiger partial charge in [-0.15, -0.1) is 0 Å². The third-order valence-corrected chi connectivity index (χ3v) is 3.42. The Hall–Kier alpha value is -0.120. The molecule has 3 nitrogen and oxygen atoms in total. The van der Waals surface area contributed by atoms with Gasteiger partial charge in [0.1, 0.15) is 0 Å². The predicted octanol–water partition coefficient (Wildman–Crippen LogP) is 1.83. The Balaban J connectivity index is 2.17. The molecule has 96 valence electrons. The van der Waals surface area contributed by atoms with Crippen molar-refractivity contribution in [3.8, 4) is 0 Å². The molecule has 0 spiro atoms. The van der Waals surface area contributed by atoms with Crippen molar-refractivity contribution in [2.24, 2.45) is 0 Å². The van der Waals surface area contributed by atoms with Gasteiger partial charge in [-0.3, -0.25) is 4.90 Å². The van der Waals surface area contributed by atoms with Crippen molar-refractivity contribution in [3.05, 3.63) is 0 Å². The van der Waals surface area contributed by atoms with Crippen LogP contribution >= 0.6 is 0 Å². The Morgan fingerprint density at radius 1 is 1.38 bits per heavy atom. The van der Waals surface area contributed by atoms with Crippen molar-refractivity contribution in [2.75, 3.05) is 46.4 Å². The third-order valence-electron chi connectivity index (χ3n) is 3.42. The Kier molecular flexibility index (Phi) is 7.01. The number of hydrogen-bond acceptors (Lipinski definition) is 3. The van der Waals surface area contributed by atoms with Crippen LogP contribution in [0.1, 0.15) is 33.1 Å². The van der Waals surface area contributed by atoms with E-state index in [1.54, 1.807) is 0 Å². The smallest absolute Gasteiger partial charge is 0.0714 e. The fraction of sp³-hybridized carbons (Fsp3) is 1.00. The van der Waals surface area contributed by atoms with Gasteiger partial charge in [0.15, 0.2) is 0 Å². The van der Waals surface area contributed by atoms with E-state index in [4.69, 9.17) is 4.74 Å². The minimum absolute atomic E-state index is 0.458. The van der Waals surface area contributed by atoms with Crippen molar-refractivity contribution < 1.29 is 4.74 Å². The Morgan fingerprint density at radius 3 is 2.88 bits per heavy atom. The van der Waals surface area contributed by atoms with Crippen LogP contribution in [0.15, 0.2) is 0 Å². The summed E-state index contributed by atoms with van der Waals surface area (Å²) in [6.45, 7) is 11.2. The first-order valence-corrected chi connectivity index (χ1v) is 6.78. The van der Waals surface area contributed by atoms with Crippen molar-refractivity contribution in [2.45, 2.75) is 39.2 Å². The molecular weight excluding hydrogens is 200 g/mol. The Bertz CT molecular complexity index is 175. The van der Waals surface area contributed by atoms with Gasteiger partial charge in [-0.2, -0.15) is 0 Å². The number of unbranched alkanes of at least 4 members (excludes halogenated alkanes) is 1. The fourth-order valence-corrected chi connectivity index (χ4v) is 2.06. The molecule has 0 aromatic rings. The molecule has 1 heterocycles. The highest BCUT2D eigenvalue weighted by molar-refractivity contribution is 4.72. The molecule has 0 radical (unpaired) electrons. The van der Waals surface area contributed by atoms with Crippen molar-refractivity contribution in [3.63, 3.8) is 0 Å². The van der Waals surface area contributed by atoms with Gasteiger partial charge in [-0.1, -0.05) is 20.3 Å². The first-order valence-electron chi connectivity index (χ1n) is 6.78. The summed E-state index contributed by atoms with van der Waals surface area (Å²) in [4.78, 5) is 4.91. The monoisotopic (exact) mass is 228 g/mol. The maximum Gasteiger partial charge on any atom is 0.0714 e. The van der Waals surface area contributed by atoms with Crippen LogP contribution in [0.5, 0.6) is 0 Å². The molecule has 16 heavy (non-hydrogen) atoms. The highest BCUT2D eigenvalue weighted by atomic mass is 16.5. The van der Waals surface area contributed by atoms with E-state index >= 15 is 0 Å². The summed E-state index contributed by atoms with van der Waals surface area (Å²) in [6.07, 6.45) is 4.24. The molecule has 0 unspecified atom stereocenters. The summed E-state index contributed by atoms with van der Waals surface area (Å²) >= 11 is 0. The number of nitrogens with zero attached hydrogens (tertiary/aromatic N) is 2. The second kappa shape index (κ2) is 8.04. The normalized spacial score (nSPS) is 22.9. The zero-order valence-corrected chi connectivity index (χ0v) is 11.2. The minimum atomic E-state index is 0.458. The molecule has 1 saturated heterocycles.